The van der Waals surface area contributed by atoms with Gasteiger partial charge in [-0.25, -0.2) is 0 Å². The van der Waals surface area contributed by atoms with Crippen LogP contribution >= 0.6 is 0 Å². The Morgan fingerprint density at radius 2 is 1.83 bits per heavy atom. The molecule has 0 aliphatic rings. The van der Waals surface area contributed by atoms with Gasteiger partial charge in [0.2, 0.25) is 5.91 Å². The summed E-state index contributed by atoms with van der Waals surface area (Å²) >= 11 is 0. The molecule has 0 heterocycles. The van der Waals surface area contributed by atoms with Crippen LogP contribution in [0.4, 0.5) is 0 Å². The Morgan fingerprint density at radius 1 is 1.33 bits per heavy atom. The maximum atomic E-state index is 11.3. The quantitative estimate of drug-likeness (QED) is 0.638. The molecule has 0 unspecified atom stereocenters. The minimum Gasteiger partial charge on any atom is -0.345 e. The summed E-state index contributed by atoms with van der Waals surface area (Å²) in [5.41, 5.74) is 0.206. The lowest BCUT2D eigenvalue weighted by Gasteiger charge is -2.26. The second-order valence-electron chi connectivity index (χ2n) is 4.56. The van der Waals surface area contributed by atoms with Crippen molar-refractivity contribution in [3.05, 3.63) is 0 Å². The molecule has 0 atom stereocenters. The lowest BCUT2D eigenvalue weighted by Crippen LogP contribution is -2.34. The SMILES string of the molecule is CCCC(=O)N(C)CC(C)(C)C. The summed E-state index contributed by atoms with van der Waals surface area (Å²) < 4.78 is 0. The van der Waals surface area contributed by atoms with E-state index in [9.17, 15) is 4.79 Å². The smallest absolute Gasteiger partial charge is 0.222 e. The van der Waals surface area contributed by atoms with E-state index in [1.807, 2.05) is 18.9 Å². The van der Waals surface area contributed by atoms with Gasteiger partial charge in [-0.2, -0.15) is 0 Å². The van der Waals surface area contributed by atoms with E-state index < -0.39 is 0 Å². The van der Waals surface area contributed by atoms with Crippen molar-refractivity contribution in [3.8, 4) is 0 Å². The highest BCUT2D eigenvalue weighted by Gasteiger charge is 2.16. The average Bonchev–Trinajstić information content (AvgIpc) is 1.84. The van der Waals surface area contributed by atoms with Gasteiger partial charge in [0, 0.05) is 20.0 Å². The van der Waals surface area contributed by atoms with Gasteiger partial charge in [-0.1, -0.05) is 27.7 Å². The van der Waals surface area contributed by atoms with Crippen molar-refractivity contribution in [1.82, 2.24) is 4.90 Å². The second-order valence-corrected chi connectivity index (χ2v) is 4.56. The van der Waals surface area contributed by atoms with Crippen molar-refractivity contribution in [3.63, 3.8) is 0 Å². The second kappa shape index (κ2) is 4.48. The summed E-state index contributed by atoms with van der Waals surface area (Å²) in [6.45, 7) is 9.29. The average molecular weight is 171 g/mol. The summed E-state index contributed by atoms with van der Waals surface area (Å²) in [6.07, 6.45) is 1.61. The highest BCUT2D eigenvalue weighted by Crippen LogP contribution is 2.14. The fourth-order valence-electron chi connectivity index (χ4n) is 1.20. The minimum atomic E-state index is 0.206. The molecule has 0 rings (SSSR count). The third kappa shape index (κ3) is 5.16. The molecule has 72 valence electrons. The first-order chi connectivity index (χ1) is 5.37. The van der Waals surface area contributed by atoms with Crippen LogP contribution in [0.25, 0.3) is 0 Å². The fourth-order valence-corrected chi connectivity index (χ4v) is 1.20. The Balaban J connectivity index is 3.87. The maximum absolute atomic E-state index is 11.3. The highest BCUT2D eigenvalue weighted by atomic mass is 16.2. The Bertz CT molecular complexity index is 146. The first kappa shape index (κ1) is 11.5. The number of carbonyl (C=O) groups is 1. The lowest BCUT2D eigenvalue weighted by molar-refractivity contribution is -0.131. The van der Waals surface area contributed by atoms with Gasteiger partial charge in [0.05, 0.1) is 0 Å². The molecule has 0 aromatic carbocycles. The molecule has 0 saturated heterocycles. The third-order valence-corrected chi connectivity index (χ3v) is 1.60. The van der Waals surface area contributed by atoms with E-state index >= 15 is 0 Å². The molecular formula is C10H21NO. The molecule has 0 aliphatic carbocycles. The first-order valence-corrected chi connectivity index (χ1v) is 4.61. The largest absolute Gasteiger partial charge is 0.345 e. The summed E-state index contributed by atoms with van der Waals surface area (Å²) in [6, 6.07) is 0. The summed E-state index contributed by atoms with van der Waals surface area (Å²) in [5.74, 6) is 0.257. The third-order valence-electron chi connectivity index (χ3n) is 1.60. The van der Waals surface area contributed by atoms with E-state index in [1.165, 1.54) is 0 Å². The van der Waals surface area contributed by atoms with Gasteiger partial charge in [0.1, 0.15) is 0 Å². The van der Waals surface area contributed by atoms with Crippen molar-refractivity contribution in [2.75, 3.05) is 13.6 Å². The predicted molar refractivity (Wildman–Crippen MR) is 52.0 cm³/mol. The molecule has 2 heteroatoms. The van der Waals surface area contributed by atoms with Gasteiger partial charge in [-0.15, -0.1) is 0 Å². The monoisotopic (exact) mass is 171 g/mol. The molecule has 1 amide bonds. The Labute approximate surface area is 75.9 Å². The predicted octanol–water partition coefficient (Wildman–Crippen LogP) is 2.29. The topological polar surface area (TPSA) is 20.3 Å². The fraction of sp³-hybridized carbons (Fsp3) is 0.900. The highest BCUT2D eigenvalue weighted by molar-refractivity contribution is 5.75. The van der Waals surface area contributed by atoms with Crippen LogP contribution in [0.5, 0.6) is 0 Å². The first-order valence-electron chi connectivity index (χ1n) is 4.61. The molecular weight excluding hydrogens is 150 g/mol. The molecule has 0 aliphatic heterocycles. The lowest BCUT2D eigenvalue weighted by atomic mass is 9.96. The number of hydrogen-bond donors (Lipinski definition) is 0. The van der Waals surface area contributed by atoms with Crippen LogP contribution in [0.3, 0.4) is 0 Å². The van der Waals surface area contributed by atoms with Crippen molar-refractivity contribution in [2.45, 2.75) is 40.5 Å². The van der Waals surface area contributed by atoms with E-state index in [0.717, 1.165) is 13.0 Å². The number of hydrogen-bond acceptors (Lipinski definition) is 1. The Kier molecular flexibility index (Phi) is 4.29. The van der Waals surface area contributed by atoms with Crippen LogP contribution in [-0.4, -0.2) is 24.4 Å². The minimum absolute atomic E-state index is 0.206. The summed E-state index contributed by atoms with van der Waals surface area (Å²) in [7, 11) is 1.88. The number of carbonyl (C=O) groups excluding carboxylic acids is 1. The molecule has 0 fully saturated rings. The Morgan fingerprint density at radius 3 is 2.17 bits per heavy atom. The van der Waals surface area contributed by atoms with Crippen molar-refractivity contribution >= 4 is 5.91 Å². The van der Waals surface area contributed by atoms with E-state index in [4.69, 9.17) is 0 Å². The van der Waals surface area contributed by atoms with E-state index in [2.05, 4.69) is 20.8 Å². The molecule has 0 N–H and O–H groups in total. The number of rotatable bonds is 3. The molecule has 0 aromatic heterocycles. The normalized spacial score (nSPS) is 11.4. The van der Waals surface area contributed by atoms with Crippen LogP contribution in [-0.2, 0) is 4.79 Å². The molecule has 0 aromatic rings. The molecule has 2 nitrogen and oxygen atoms in total. The van der Waals surface area contributed by atoms with Crippen LogP contribution in [0.15, 0.2) is 0 Å². The molecule has 0 bridgehead atoms. The number of nitrogens with zero attached hydrogens (tertiary/aromatic N) is 1. The van der Waals surface area contributed by atoms with Crippen LogP contribution in [0, 0.1) is 5.41 Å². The standard InChI is InChI=1S/C10H21NO/c1-6-7-9(12)11(5)8-10(2,3)4/h6-8H2,1-5H3. The van der Waals surface area contributed by atoms with Gasteiger partial charge < -0.3 is 4.90 Å². The zero-order valence-corrected chi connectivity index (χ0v) is 8.98. The maximum Gasteiger partial charge on any atom is 0.222 e. The molecule has 0 saturated carbocycles. The zero-order chi connectivity index (χ0) is 9.78. The summed E-state index contributed by atoms with van der Waals surface area (Å²) in [4.78, 5) is 13.2. The van der Waals surface area contributed by atoms with Crippen LogP contribution < -0.4 is 0 Å². The van der Waals surface area contributed by atoms with Crippen molar-refractivity contribution < 1.29 is 4.79 Å². The molecule has 0 spiro atoms. The molecule has 12 heavy (non-hydrogen) atoms. The van der Waals surface area contributed by atoms with Gasteiger partial charge >= 0.3 is 0 Å². The van der Waals surface area contributed by atoms with Gasteiger partial charge in [-0.3, -0.25) is 4.79 Å². The molecule has 0 radical (unpaired) electrons. The zero-order valence-electron chi connectivity index (χ0n) is 8.98. The van der Waals surface area contributed by atoms with Gasteiger partial charge in [0.15, 0.2) is 0 Å². The number of amides is 1. The summed E-state index contributed by atoms with van der Waals surface area (Å²) in [5, 5.41) is 0. The van der Waals surface area contributed by atoms with E-state index in [1.54, 1.807) is 0 Å². The van der Waals surface area contributed by atoms with Crippen LogP contribution in [0.2, 0.25) is 0 Å². The van der Waals surface area contributed by atoms with Gasteiger partial charge in [0.25, 0.3) is 0 Å². The van der Waals surface area contributed by atoms with E-state index in [-0.39, 0.29) is 11.3 Å². The van der Waals surface area contributed by atoms with E-state index in [0.29, 0.717) is 6.42 Å². The van der Waals surface area contributed by atoms with Crippen molar-refractivity contribution in [1.29, 1.82) is 0 Å². The van der Waals surface area contributed by atoms with Crippen molar-refractivity contribution in [2.24, 2.45) is 5.41 Å². The van der Waals surface area contributed by atoms with Gasteiger partial charge in [-0.05, 0) is 11.8 Å². The van der Waals surface area contributed by atoms with Crippen LogP contribution in [0.1, 0.15) is 40.5 Å². The Hall–Kier alpha value is -0.530.